The van der Waals surface area contributed by atoms with Gasteiger partial charge in [0.25, 0.3) is 0 Å². The van der Waals surface area contributed by atoms with E-state index in [1.807, 2.05) is 0 Å². The molecule has 0 radical (unpaired) electrons. The number of para-hydroxylation sites is 2. The zero-order valence-electron chi connectivity index (χ0n) is 38.8. The van der Waals surface area contributed by atoms with Crippen LogP contribution in [0.25, 0.3) is 83.1 Å². The van der Waals surface area contributed by atoms with E-state index in [1.54, 1.807) is 0 Å². The predicted molar refractivity (Wildman–Crippen MR) is 287 cm³/mol. The molecule has 0 fully saturated rings. The first kappa shape index (κ1) is 40.1. The first-order chi connectivity index (χ1) is 33.2. The zero-order valence-corrected chi connectivity index (χ0v) is 38.8. The molecule has 0 atom stereocenters. The van der Waals surface area contributed by atoms with Crippen LogP contribution in [-0.2, 0) is 10.8 Å². The van der Waals surface area contributed by atoms with Crippen molar-refractivity contribution < 1.29 is 0 Å². The number of hydrogen-bond donors (Lipinski definition) is 0. The van der Waals surface area contributed by atoms with Gasteiger partial charge in [-0.3, -0.25) is 0 Å². The summed E-state index contributed by atoms with van der Waals surface area (Å²) in [6, 6.07) is 85.3. The van der Waals surface area contributed by atoms with E-state index >= 15 is 0 Å². The van der Waals surface area contributed by atoms with E-state index in [9.17, 15) is 0 Å². The van der Waals surface area contributed by atoms with E-state index < -0.39 is 0 Å². The van der Waals surface area contributed by atoms with Crippen molar-refractivity contribution in [2.24, 2.45) is 0 Å². The summed E-state index contributed by atoms with van der Waals surface area (Å²) in [5.41, 5.74) is 25.0. The van der Waals surface area contributed by atoms with E-state index in [4.69, 9.17) is 0 Å². The van der Waals surface area contributed by atoms with Gasteiger partial charge in [-0.15, -0.1) is 0 Å². The molecule has 10 aromatic carbocycles. The monoisotopic (exact) mass is 870 g/mol. The molecule has 0 saturated heterocycles. The average molecular weight is 871 g/mol. The summed E-state index contributed by atoms with van der Waals surface area (Å²) in [6.07, 6.45) is 0. The molecule has 2 aliphatic carbocycles. The van der Waals surface area contributed by atoms with Crippen LogP contribution < -0.4 is 4.90 Å². The second kappa shape index (κ2) is 15.2. The Bertz CT molecular complexity index is 3750. The largest absolute Gasteiger partial charge is 0.310 e. The molecular weight excluding hydrogens is 821 g/mol. The Hall–Kier alpha value is -8.20. The van der Waals surface area contributed by atoms with Crippen molar-refractivity contribution in [2.45, 2.75) is 38.5 Å². The normalized spacial score (nSPS) is 13.8. The van der Waals surface area contributed by atoms with Crippen molar-refractivity contribution in [1.29, 1.82) is 0 Å². The van der Waals surface area contributed by atoms with Gasteiger partial charge in [0.2, 0.25) is 0 Å². The second-order valence-electron chi connectivity index (χ2n) is 19.7. The van der Waals surface area contributed by atoms with E-state index in [1.165, 1.54) is 105 Å². The maximum Gasteiger partial charge on any atom is 0.0541 e. The summed E-state index contributed by atoms with van der Waals surface area (Å²) in [7, 11) is 0. The van der Waals surface area contributed by atoms with Crippen LogP contribution in [0.15, 0.2) is 231 Å². The van der Waals surface area contributed by atoms with E-state index in [0.717, 1.165) is 17.1 Å². The Balaban J connectivity index is 0.912. The minimum absolute atomic E-state index is 0.126. The predicted octanol–water partition coefficient (Wildman–Crippen LogP) is 17.9. The van der Waals surface area contributed by atoms with Gasteiger partial charge in [0, 0.05) is 44.4 Å². The minimum atomic E-state index is -0.223. The molecule has 11 aromatic rings. The number of hydrogen-bond acceptors (Lipinski definition) is 1. The summed E-state index contributed by atoms with van der Waals surface area (Å²) < 4.78 is 2.38. The highest BCUT2D eigenvalue weighted by molar-refractivity contribution is 6.10. The van der Waals surface area contributed by atoms with E-state index in [0.29, 0.717) is 0 Å². The van der Waals surface area contributed by atoms with Gasteiger partial charge in [0.05, 0.1) is 11.0 Å². The number of nitrogens with zero attached hydrogens (tertiary/aromatic N) is 2. The third-order valence-corrected chi connectivity index (χ3v) is 15.2. The Kier molecular flexibility index (Phi) is 8.95. The van der Waals surface area contributed by atoms with Crippen molar-refractivity contribution in [3.8, 4) is 61.3 Å². The third-order valence-electron chi connectivity index (χ3n) is 15.2. The van der Waals surface area contributed by atoms with Crippen molar-refractivity contribution >= 4 is 38.9 Å². The topological polar surface area (TPSA) is 8.17 Å². The molecule has 0 unspecified atom stereocenters. The first-order valence-corrected chi connectivity index (χ1v) is 23.9. The van der Waals surface area contributed by atoms with E-state index in [2.05, 4.69) is 268 Å². The van der Waals surface area contributed by atoms with Crippen LogP contribution in [0, 0.1) is 0 Å². The minimum Gasteiger partial charge on any atom is -0.310 e. The summed E-state index contributed by atoms with van der Waals surface area (Å²) >= 11 is 0. The molecule has 2 nitrogen and oxygen atoms in total. The van der Waals surface area contributed by atoms with Crippen LogP contribution in [0.4, 0.5) is 17.1 Å². The number of aromatic nitrogens is 1. The average Bonchev–Trinajstić information content (AvgIpc) is 3.93. The summed E-state index contributed by atoms with van der Waals surface area (Å²) in [4.78, 5) is 2.43. The van der Waals surface area contributed by atoms with Crippen LogP contribution >= 0.6 is 0 Å². The Morgan fingerprint density at radius 2 is 0.824 bits per heavy atom. The number of benzene rings is 10. The Morgan fingerprint density at radius 3 is 1.53 bits per heavy atom. The highest BCUT2D eigenvalue weighted by Crippen LogP contribution is 2.58. The highest BCUT2D eigenvalue weighted by Gasteiger charge is 2.42. The summed E-state index contributed by atoms with van der Waals surface area (Å²) in [5.74, 6) is 0. The molecule has 0 aliphatic heterocycles. The first-order valence-electron chi connectivity index (χ1n) is 23.9. The number of rotatable bonds is 7. The fourth-order valence-electron chi connectivity index (χ4n) is 11.7. The second-order valence-corrected chi connectivity index (χ2v) is 19.7. The number of fused-ring (bicyclic) bond motifs is 9. The van der Waals surface area contributed by atoms with Crippen molar-refractivity contribution in [1.82, 2.24) is 4.57 Å². The molecule has 0 N–H and O–H groups in total. The molecule has 2 aliphatic rings. The molecule has 0 amide bonds. The van der Waals surface area contributed by atoms with Gasteiger partial charge in [-0.1, -0.05) is 179 Å². The Morgan fingerprint density at radius 1 is 0.309 bits per heavy atom. The SMILES string of the molecule is CC1(C)c2cc(N(c3ccc(-c4ccccc4)cc3)c3ccc(-c4ccc5c(c4)c4ccccc4n5-c4ccccc4)cc3)ccc2-c2cc3c(cc21)-c1c(-c2ccccc2)cccc1C3(C)C. The van der Waals surface area contributed by atoms with Gasteiger partial charge < -0.3 is 9.47 Å². The lowest BCUT2D eigenvalue weighted by Crippen LogP contribution is -2.17. The zero-order chi connectivity index (χ0) is 45.7. The lowest BCUT2D eigenvalue weighted by atomic mass is 9.79. The Labute approximate surface area is 399 Å². The summed E-state index contributed by atoms with van der Waals surface area (Å²) in [5, 5.41) is 2.51. The fourth-order valence-corrected chi connectivity index (χ4v) is 11.7. The molecule has 2 heteroatoms. The molecule has 0 spiro atoms. The van der Waals surface area contributed by atoms with E-state index in [-0.39, 0.29) is 10.8 Å². The van der Waals surface area contributed by atoms with Gasteiger partial charge in [-0.05, 0) is 157 Å². The highest BCUT2D eigenvalue weighted by atomic mass is 15.1. The molecule has 13 rings (SSSR count). The fraction of sp³-hybridized carbons (Fsp3) is 0.0909. The lowest BCUT2D eigenvalue weighted by molar-refractivity contribution is 0.652. The maximum atomic E-state index is 2.54. The molecule has 68 heavy (non-hydrogen) atoms. The van der Waals surface area contributed by atoms with Gasteiger partial charge in [-0.25, -0.2) is 0 Å². The lowest BCUT2D eigenvalue weighted by Gasteiger charge is -2.28. The van der Waals surface area contributed by atoms with Crippen LogP contribution in [0.1, 0.15) is 49.9 Å². The van der Waals surface area contributed by atoms with Crippen molar-refractivity contribution in [2.75, 3.05) is 4.90 Å². The van der Waals surface area contributed by atoms with Crippen LogP contribution in [0.2, 0.25) is 0 Å². The van der Waals surface area contributed by atoms with Crippen LogP contribution in [0.5, 0.6) is 0 Å². The van der Waals surface area contributed by atoms with Crippen molar-refractivity contribution in [3.05, 3.63) is 253 Å². The molecule has 1 aromatic heterocycles. The summed E-state index contributed by atoms with van der Waals surface area (Å²) in [6.45, 7) is 9.63. The van der Waals surface area contributed by atoms with Crippen molar-refractivity contribution in [3.63, 3.8) is 0 Å². The molecule has 1 heterocycles. The molecule has 0 bridgehead atoms. The van der Waals surface area contributed by atoms with Crippen LogP contribution in [-0.4, -0.2) is 4.57 Å². The van der Waals surface area contributed by atoms with Gasteiger partial charge >= 0.3 is 0 Å². The van der Waals surface area contributed by atoms with Gasteiger partial charge in [0.1, 0.15) is 0 Å². The standard InChI is InChI=1S/C66H50N2/c1-65(2)58-25-16-24-52(46-19-10-6-11-20-46)64(58)57-42-60-55(41-61(57)65)53-37-36-51(40-59(53)66(60,3)4)67(49-32-27-44(28-33-49)43-17-8-5-9-18-43)50-34-29-45(30-35-50)47-31-38-63-56(39-47)54-23-14-15-26-62(54)68(63)48-21-12-7-13-22-48/h5-42H,1-4H3. The number of anilines is 3. The maximum absolute atomic E-state index is 2.54. The smallest absolute Gasteiger partial charge is 0.0541 e. The quantitative estimate of drug-likeness (QED) is 0.155. The van der Waals surface area contributed by atoms with Gasteiger partial charge in [0.15, 0.2) is 0 Å². The molecule has 324 valence electrons. The van der Waals surface area contributed by atoms with Crippen LogP contribution in [0.3, 0.4) is 0 Å². The van der Waals surface area contributed by atoms with Gasteiger partial charge in [-0.2, -0.15) is 0 Å². The molecular formula is C66H50N2. The third kappa shape index (κ3) is 6.10. The molecule has 0 saturated carbocycles.